The van der Waals surface area contributed by atoms with Crippen molar-refractivity contribution in [1.82, 2.24) is 15.3 Å². The Labute approximate surface area is 150 Å². The van der Waals surface area contributed by atoms with Crippen LogP contribution in [-0.2, 0) is 4.74 Å². The maximum atomic E-state index is 6.07. The highest BCUT2D eigenvalue weighted by Crippen LogP contribution is 2.36. The molecule has 4 rings (SSSR count). The number of hydrogen-bond donors (Lipinski definition) is 3. The molecule has 0 saturated carbocycles. The number of nitrogens with zero attached hydrogens (tertiary/aromatic N) is 2. The zero-order chi connectivity index (χ0) is 17.2. The molecule has 7 heteroatoms. The molecule has 1 aliphatic rings. The maximum absolute atomic E-state index is 6.07. The number of rotatable bonds is 3. The number of nitrogen functional groups attached to an aromatic ring is 2. The van der Waals surface area contributed by atoms with Crippen LogP contribution in [0.25, 0.3) is 10.9 Å². The molecule has 0 amide bonds. The Balaban J connectivity index is 1.61. The van der Waals surface area contributed by atoms with Crippen molar-refractivity contribution in [2.45, 2.75) is 15.9 Å². The van der Waals surface area contributed by atoms with E-state index in [9.17, 15) is 0 Å². The highest BCUT2D eigenvalue weighted by Gasteiger charge is 2.15. The molecule has 0 aliphatic carbocycles. The van der Waals surface area contributed by atoms with Gasteiger partial charge < -0.3 is 21.5 Å². The molecular formula is C18H19N5OS. The fourth-order valence-electron chi connectivity index (χ4n) is 2.94. The lowest BCUT2D eigenvalue weighted by Crippen LogP contribution is -2.33. The summed E-state index contributed by atoms with van der Waals surface area (Å²) in [6, 6.07) is 14.3. The summed E-state index contributed by atoms with van der Waals surface area (Å²) in [5.74, 6) is 0.599. The van der Waals surface area contributed by atoms with E-state index in [0.29, 0.717) is 5.82 Å². The molecule has 6 nitrogen and oxygen atoms in total. The van der Waals surface area contributed by atoms with Crippen LogP contribution >= 0.6 is 11.8 Å². The highest BCUT2D eigenvalue weighted by molar-refractivity contribution is 7.99. The highest BCUT2D eigenvalue weighted by atomic mass is 32.2. The number of nitrogens with two attached hydrogens (primary N) is 2. The zero-order valence-electron chi connectivity index (χ0n) is 13.6. The van der Waals surface area contributed by atoms with Crippen LogP contribution in [0.5, 0.6) is 0 Å². The Bertz CT molecular complexity index is 894. The molecule has 2 heterocycles. The van der Waals surface area contributed by atoms with Crippen LogP contribution in [-0.4, -0.2) is 29.7 Å². The van der Waals surface area contributed by atoms with Gasteiger partial charge in [0.05, 0.1) is 23.6 Å². The standard InChI is InChI=1S/C18H19N5OS/c19-17-16-13(22-18(20)23-17)2-1-3-15(16)25-12-6-4-11(5-7-12)14-10-21-8-9-24-14/h1-7,14,21H,8-10H2,(H4,19,20,22,23). The van der Waals surface area contributed by atoms with E-state index in [0.717, 1.165) is 40.4 Å². The topological polar surface area (TPSA) is 99.1 Å². The van der Waals surface area contributed by atoms with Gasteiger partial charge in [-0.15, -0.1) is 0 Å². The first-order valence-electron chi connectivity index (χ1n) is 8.12. The van der Waals surface area contributed by atoms with Gasteiger partial charge >= 0.3 is 0 Å². The molecule has 1 saturated heterocycles. The number of fused-ring (bicyclic) bond motifs is 1. The molecule has 128 valence electrons. The van der Waals surface area contributed by atoms with Crippen LogP contribution in [0.3, 0.4) is 0 Å². The number of benzene rings is 2. The van der Waals surface area contributed by atoms with Crippen LogP contribution < -0.4 is 16.8 Å². The van der Waals surface area contributed by atoms with E-state index in [1.54, 1.807) is 11.8 Å². The fraction of sp³-hybridized carbons (Fsp3) is 0.222. The van der Waals surface area contributed by atoms with Crippen molar-refractivity contribution in [3.63, 3.8) is 0 Å². The van der Waals surface area contributed by atoms with E-state index in [4.69, 9.17) is 16.2 Å². The number of hydrogen-bond acceptors (Lipinski definition) is 7. The van der Waals surface area contributed by atoms with Crippen molar-refractivity contribution in [3.8, 4) is 0 Å². The van der Waals surface area contributed by atoms with Crippen molar-refractivity contribution < 1.29 is 4.74 Å². The second kappa shape index (κ2) is 6.87. The molecule has 1 aromatic heterocycles. The van der Waals surface area contributed by atoms with Crippen LogP contribution in [0, 0.1) is 0 Å². The Morgan fingerprint density at radius 3 is 2.68 bits per heavy atom. The second-order valence-corrected chi connectivity index (χ2v) is 6.97. The van der Waals surface area contributed by atoms with E-state index in [2.05, 4.69) is 39.6 Å². The summed E-state index contributed by atoms with van der Waals surface area (Å²) < 4.78 is 5.79. The SMILES string of the molecule is Nc1nc(N)c2c(Sc3ccc(C4CNCCO4)cc3)cccc2n1. The first-order chi connectivity index (χ1) is 12.2. The van der Waals surface area contributed by atoms with Crippen molar-refractivity contribution in [2.24, 2.45) is 0 Å². The van der Waals surface area contributed by atoms with Gasteiger partial charge in [0.15, 0.2) is 0 Å². The Morgan fingerprint density at radius 2 is 1.92 bits per heavy atom. The summed E-state index contributed by atoms with van der Waals surface area (Å²) in [6.45, 7) is 2.52. The van der Waals surface area contributed by atoms with Gasteiger partial charge in [-0.25, -0.2) is 4.98 Å². The number of morpholine rings is 1. The predicted octanol–water partition coefficient (Wildman–Crippen LogP) is 2.61. The van der Waals surface area contributed by atoms with Gasteiger partial charge in [0, 0.05) is 22.9 Å². The molecule has 1 aliphatic heterocycles. The molecule has 1 atom stereocenters. The molecule has 5 N–H and O–H groups in total. The van der Waals surface area contributed by atoms with Gasteiger partial charge in [0.2, 0.25) is 5.95 Å². The average molecular weight is 353 g/mol. The maximum Gasteiger partial charge on any atom is 0.222 e. The third kappa shape index (κ3) is 3.39. The molecule has 2 aromatic carbocycles. The Morgan fingerprint density at radius 1 is 1.08 bits per heavy atom. The first-order valence-corrected chi connectivity index (χ1v) is 8.94. The van der Waals surface area contributed by atoms with Crippen LogP contribution in [0.15, 0.2) is 52.3 Å². The molecule has 0 radical (unpaired) electrons. The zero-order valence-corrected chi connectivity index (χ0v) is 14.4. The molecule has 3 aromatic rings. The fourth-order valence-corrected chi connectivity index (χ4v) is 3.92. The van der Waals surface area contributed by atoms with E-state index in [1.807, 2.05) is 18.2 Å². The predicted molar refractivity (Wildman–Crippen MR) is 100 cm³/mol. The lowest BCUT2D eigenvalue weighted by atomic mass is 10.1. The summed E-state index contributed by atoms with van der Waals surface area (Å²) in [7, 11) is 0. The third-order valence-electron chi connectivity index (χ3n) is 4.14. The summed E-state index contributed by atoms with van der Waals surface area (Å²) in [4.78, 5) is 10.5. The van der Waals surface area contributed by atoms with Gasteiger partial charge in [-0.3, -0.25) is 0 Å². The second-order valence-electron chi connectivity index (χ2n) is 5.85. The van der Waals surface area contributed by atoms with E-state index >= 15 is 0 Å². The van der Waals surface area contributed by atoms with Crippen LogP contribution in [0.2, 0.25) is 0 Å². The van der Waals surface area contributed by atoms with E-state index < -0.39 is 0 Å². The van der Waals surface area contributed by atoms with Gasteiger partial charge in [0.1, 0.15) is 5.82 Å². The lowest BCUT2D eigenvalue weighted by molar-refractivity contribution is 0.0277. The van der Waals surface area contributed by atoms with Gasteiger partial charge in [-0.1, -0.05) is 30.0 Å². The Kier molecular flexibility index (Phi) is 4.44. The lowest BCUT2D eigenvalue weighted by Gasteiger charge is -2.24. The minimum atomic E-state index is 0.123. The van der Waals surface area contributed by atoms with Crippen LogP contribution in [0.4, 0.5) is 11.8 Å². The molecular weight excluding hydrogens is 334 g/mol. The molecule has 0 bridgehead atoms. The Hall–Kier alpha value is -2.35. The number of nitrogens with one attached hydrogen (secondary N) is 1. The average Bonchev–Trinajstić information content (AvgIpc) is 2.63. The van der Waals surface area contributed by atoms with Gasteiger partial charge in [-0.2, -0.15) is 4.98 Å². The molecule has 25 heavy (non-hydrogen) atoms. The third-order valence-corrected chi connectivity index (χ3v) is 5.21. The van der Waals surface area contributed by atoms with Crippen molar-refractivity contribution in [3.05, 3.63) is 48.0 Å². The summed E-state index contributed by atoms with van der Waals surface area (Å²) in [6.07, 6.45) is 0.123. The summed E-state index contributed by atoms with van der Waals surface area (Å²) in [5.41, 5.74) is 13.7. The minimum absolute atomic E-state index is 0.123. The normalized spacial score (nSPS) is 17.7. The minimum Gasteiger partial charge on any atom is -0.383 e. The summed E-state index contributed by atoms with van der Waals surface area (Å²) >= 11 is 1.64. The van der Waals surface area contributed by atoms with Crippen molar-refractivity contribution in [2.75, 3.05) is 31.2 Å². The van der Waals surface area contributed by atoms with Gasteiger partial charge in [0.25, 0.3) is 0 Å². The van der Waals surface area contributed by atoms with Crippen molar-refractivity contribution in [1.29, 1.82) is 0 Å². The number of anilines is 2. The van der Waals surface area contributed by atoms with Crippen LogP contribution in [0.1, 0.15) is 11.7 Å². The van der Waals surface area contributed by atoms with E-state index in [-0.39, 0.29) is 12.1 Å². The van der Waals surface area contributed by atoms with Gasteiger partial charge in [-0.05, 0) is 29.8 Å². The first kappa shape index (κ1) is 16.1. The number of ether oxygens (including phenoxy) is 1. The molecule has 1 fully saturated rings. The largest absolute Gasteiger partial charge is 0.383 e. The smallest absolute Gasteiger partial charge is 0.222 e. The quantitative estimate of drug-likeness (QED) is 0.665. The monoisotopic (exact) mass is 353 g/mol. The summed E-state index contributed by atoms with van der Waals surface area (Å²) in [5, 5.41) is 4.19. The number of aromatic nitrogens is 2. The van der Waals surface area contributed by atoms with Crippen molar-refractivity contribution >= 4 is 34.4 Å². The molecule has 1 unspecified atom stereocenters. The van der Waals surface area contributed by atoms with E-state index in [1.165, 1.54) is 5.56 Å². The molecule has 0 spiro atoms.